The van der Waals surface area contributed by atoms with Gasteiger partial charge in [-0.3, -0.25) is 0 Å². The average molecular weight is 137 g/mol. The zero-order valence-electron chi connectivity index (χ0n) is 4.87. The van der Waals surface area contributed by atoms with E-state index in [4.69, 9.17) is 12.2 Å². The Balaban J connectivity index is 2.70. The maximum Gasteiger partial charge on any atom is 0.103 e. The number of hydrogen-bond acceptors (Lipinski definition) is 1. The molecule has 0 aromatic rings. The standard InChI is InChI=1S/C7H7NS/c9-7-5-3-1-2-4-6-8-7/h1-6H,(H,8,9). The van der Waals surface area contributed by atoms with E-state index in [0.717, 1.165) is 4.99 Å². The molecule has 0 unspecified atom stereocenters. The van der Waals surface area contributed by atoms with Gasteiger partial charge in [-0.1, -0.05) is 30.4 Å². The highest BCUT2D eigenvalue weighted by Gasteiger charge is 1.82. The van der Waals surface area contributed by atoms with E-state index in [1.165, 1.54) is 0 Å². The summed E-state index contributed by atoms with van der Waals surface area (Å²) in [4.78, 5) is 0.746. The molecule has 1 rings (SSSR count). The largest absolute Gasteiger partial charge is 0.353 e. The van der Waals surface area contributed by atoms with E-state index in [1.807, 2.05) is 36.6 Å². The predicted octanol–water partition coefficient (Wildman–Crippen LogP) is 1.54. The fourth-order valence-electron chi connectivity index (χ4n) is 0.505. The number of rotatable bonds is 0. The molecule has 0 aliphatic carbocycles. The molecular weight excluding hydrogens is 130 g/mol. The van der Waals surface area contributed by atoms with Gasteiger partial charge in [-0.2, -0.15) is 0 Å². The molecule has 0 saturated heterocycles. The van der Waals surface area contributed by atoms with Crippen LogP contribution in [0.25, 0.3) is 0 Å². The molecule has 1 heterocycles. The van der Waals surface area contributed by atoms with Gasteiger partial charge in [0, 0.05) is 6.20 Å². The Morgan fingerprint density at radius 2 is 1.89 bits per heavy atom. The maximum absolute atomic E-state index is 4.87. The highest BCUT2D eigenvalue weighted by molar-refractivity contribution is 7.80. The fraction of sp³-hybridized carbons (Fsp3) is 0. The Labute approximate surface area is 59.8 Å². The second kappa shape index (κ2) is 3.20. The minimum absolute atomic E-state index is 0.746. The van der Waals surface area contributed by atoms with Gasteiger partial charge in [0.2, 0.25) is 0 Å². The van der Waals surface area contributed by atoms with Crippen LogP contribution in [0.3, 0.4) is 0 Å². The van der Waals surface area contributed by atoms with Crippen LogP contribution in [0.1, 0.15) is 0 Å². The molecule has 9 heavy (non-hydrogen) atoms. The van der Waals surface area contributed by atoms with Gasteiger partial charge in [-0.25, -0.2) is 0 Å². The lowest BCUT2D eigenvalue weighted by atomic mass is 10.4. The second-order valence-corrected chi connectivity index (χ2v) is 2.05. The molecule has 0 bridgehead atoms. The van der Waals surface area contributed by atoms with Crippen molar-refractivity contribution in [3.63, 3.8) is 0 Å². The van der Waals surface area contributed by atoms with Crippen molar-refractivity contribution in [2.45, 2.75) is 0 Å². The average Bonchev–Trinajstić information content (AvgIpc) is 1.79. The quantitative estimate of drug-likeness (QED) is 0.508. The van der Waals surface area contributed by atoms with E-state index >= 15 is 0 Å². The Bertz CT molecular complexity index is 189. The van der Waals surface area contributed by atoms with E-state index in [9.17, 15) is 0 Å². The van der Waals surface area contributed by atoms with Crippen LogP contribution in [0.5, 0.6) is 0 Å². The monoisotopic (exact) mass is 137 g/mol. The lowest BCUT2D eigenvalue weighted by Crippen LogP contribution is -2.10. The van der Waals surface area contributed by atoms with Gasteiger partial charge in [0.05, 0.1) is 0 Å². The van der Waals surface area contributed by atoms with Gasteiger partial charge >= 0.3 is 0 Å². The van der Waals surface area contributed by atoms with Gasteiger partial charge in [-0.05, 0) is 12.2 Å². The Hall–Kier alpha value is -0.890. The number of nitrogens with one attached hydrogen (secondary N) is 1. The molecule has 0 aromatic heterocycles. The summed E-state index contributed by atoms with van der Waals surface area (Å²) in [5.74, 6) is 0. The van der Waals surface area contributed by atoms with E-state index in [-0.39, 0.29) is 0 Å². The van der Waals surface area contributed by atoms with Gasteiger partial charge in [0.25, 0.3) is 0 Å². The van der Waals surface area contributed by atoms with Gasteiger partial charge in [0.1, 0.15) is 4.99 Å². The van der Waals surface area contributed by atoms with Crippen molar-refractivity contribution in [1.29, 1.82) is 0 Å². The van der Waals surface area contributed by atoms with Crippen LogP contribution in [-0.4, -0.2) is 4.99 Å². The third-order valence-electron chi connectivity index (χ3n) is 0.903. The molecule has 2 heteroatoms. The van der Waals surface area contributed by atoms with E-state index in [2.05, 4.69) is 5.32 Å². The zero-order chi connectivity index (χ0) is 6.53. The van der Waals surface area contributed by atoms with Crippen LogP contribution in [0.15, 0.2) is 36.6 Å². The third kappa shape index (κ3) is 2.24. The van der Waals surface area contributed by atoms with Crippen molar-refractivity contribution in [2.75, 3.05) is 0 Å². The highest BCUT2D eigenvalue weighted by Crippen LogP contribution is 1.85. The van der Waals surface area contributed by atoms with Crippen molar-refractivity contribution in [1.82, 2.24) is 5.32 Å². The number of allylic oxidation sites excluding steroid dienone is 4. The summed E-state index contributed by atoms with van der Waals surface area (Å²) < 4.78 is 0. The van der Waals surface area contributed by atoms with Crippen molar-refractivity contribution in [3.05, 3.63) is 36.6 Å². The Morgan fingerprint density at radius 3 is 2.78 bits per heavy atom. The fourth-order valence-corrected chi connectivity index (χ4v) is 0.652. The van der Waals surface area contributed by atoms with E-state index < -0.39 is 0 Å². The normalized spacial score (nSPS) is 27.3. The van der Waals surface area contributed by atoms with E-state index in [0.29, 0.717) is 0 Å². The summed E-state index contributed by atoms with van der Waals surface area (Å²) in [5.41, 5.74) is 0. The molecule has 0 spiro atoms. The summed E-state index contributed by atoms with van der Waals surface area (Å²) in [6, 6.07) is 0. The first-order chi connectivity index (χ1) is 4.39. The molecule has 1 N–H and O–H groups in total. The summed E-state index contributed by atoms with van der Waals surface area (Å²) in [7, 11) is 0. The van der Waals surface area contributed by atoms with Crippen LogP contribution in [-0.2, 0) is 0 Å². The first-order valence-electron chi connectivity index (χ1n) is 2.70. The molecule has 0 radical (unpaired) electrons. The number of thiocarbonyl (C=S) groups is 1. The summed E-state index contributed by atoms with van der Waals surface area (Å²) in [6.07, 6.45) is 11.3. The van der Waals surface area contributed by atoms with Gasteiger partial charge < -0.3 is 5.32 Å². The molecule has 1 aliphatic rings. The predicted molar refractivity (Wildman–Crippen MR) is 43.2 cm³/mol. The van der Waals surface area contributed by atoms with E-state index in [1.54, 1.807) is 0 Å². The van der Waals surface area contributed by atoms with Crippen molar-refractivity contribution in [3.8, 4) is 0 Å². The van der Waals surface area contributed by atoms with Crippen molar-refractivity contribution < 1.29 is 0 Å². The first kappa shape index (κ1) is 6.23. The molecule has 1 nitrogen and oxygen atoms in total. The molecule has 46 valence electrons. The van der Waals surface area contributed by atoms with Gasteiger partial charge in [-0.15, -0.1) is 0 Å². The summed E-state index contributed by atoms with van der Waals surface area (Å²) in [6.45, 7) is 0. The molecule has 0 fully saturated rings. The molecule has 0 amide bonds. The van der Waals surface area contributed by atoms with Gasteiger partial charge in [0.15, 0.2) is 0 Å². The molecule has 0 atom stereocenters. The van der Waals surface area contributed by atoms with Crippen LogP contribution in [0.2, 0.25) is 0 Å². The topological polar surface area (TPSA) is 12.0 Å². The third-order valence-corrected chi connectivity index (χ3v) is 1.16. The Morgan fingerprint density at radius 1 is 1.11 bits per heavy atom. The minimum atomic E-state index is 0.746. The van der Waals surface area contributed by atoms with Crippen molar-refractivity contribution >= 4 is 17.2 Å². The summed E-state index contributed by atoms with van der Waals surface area (Å²) >= 11 is 4.87. The highest BCUT2D eigenvalue weighted by atomic mass is 32.1. The SMILES string of the molecule is S=C1\C=C/C=C\C=C/N1. The molecule has 1 aliphatic heterocycles. The van der Waals surface area contributed by atoms with Crippen LogP contribution >= 0.6 is 12.2 Å². The van der Waals surface area contributed by atoms with Crippen LogP contribution < -0.4 is 5.32 Å². The molecular formula is C7H7NS. The molecule has 0 saturated carbocycles. The lowest BCUT2D eigenvalue weighted by Gasteiger charge is -1.95. The van der Waals surface area contributed by atoms with Crippen molar-refractivity contribution in [2.24, 2.45) is 0 Å². The Kier molecular flexibility index (Phi) is 2.22. The molecule has 0 aromatic carbocycles. The first-order valence-corrected chi connectivity index (χ1v) is 3.11. The lowest BCUT2D eigenvalue weighted by molar-refractivity contribution is 1.32. The zero-order valence-corrected chi connectivity index (χ0v) is 5.69. The van der Waals surface area contributed by atoms with Crippen LogP contribution in [0, 0.1) is 0 Å². The minimum Gasteiger partial charge on any atom is -0.353 e. The number of hydrogen-bond donors (Lipinski definition) is 1. The van der Waals surface area contributed by atoms with Crippen LogP contribution in [0.4, 0.5) is 0 Å². The second-order valence-electron chi connectivity index (χ2n) is 1.61. The smallest absolute Gasteiger partial charge is 0.103 e. The summed E-state index contributed by atoms with van der Waals surface area (Å²) in [5, 5.41) is 2.90. The maximum atomic E-state index is 4.87.